The molecule has 0 amide bonds. The first-order valence-electron chi connectivity index (χ1n) is 23.1. The van der Waals surface area contributed by atoms with E-state index < -0.39 is 5.41 Å². The van der Waals surface area contributed by atoms with Gasteiger partial charge < -0.3 is 9.64 Å². The highest BCUT2D eigenvalue weighted by Crippen LogP contribution is 2.58. The van der Waals surface area contributed by atoms with Crippen LogP contribution in [0, 0.1) is 0 Å². The molecule has 2 aliphatic rings. The van der Waals surface area contributed by atoms with E-state index in [9.17, 15) is 0 Å². The van der Waals surface area contributed by atoms with Crippen LogP contribution in [0.1, 0.15) is 22.3 Å². The van der Waals surface area contributed by atoms with E-state index in [1.807, 2.05) is 0 Å². The highest BCUT2D eigenvalue weighted by atomic mass is 16.5. The second kappa shape index (κ2) is 15.8. The van der Waals surface area contributed by atoms with Gasteiger partial charge in [0.05, 0.1) is 5.41 Å². The smallest absolute Gasteiger partial charge is 0.143 e. The molecule has 314 valence electrons. The second-order valence-corrected chi connectivity index (χ2v) is 17.6. The maximum atomic E-state index is 7.38. The number of nitrogens with zero attached hydrogens (tertiary/aromatic N) is 1. The first-order chi connectivity index (χ1) is 33.2. The van der Waals surface area contributed by atoms with E-state index in [0.717, 1.165) is 61.9 Å². The Morgan fingerprint density at radius 2 is 0.761 bits per heavy atom. The van der Waals surface area contributed by atoms with Gasteiger partial charge in [-0.3, -0.25) is 0 Å². The Morgan fingerprint density at radius 1 is 0.284 bits per heavy atom. The molecule has 1 aliphatic heterocycles. The summed E-state index contributed by atoms with van der Waals surface area (Å²) in [5, 5.41) is 2.39. The molecule has 0 unspecified atom stereocenters. The maximum absolute atomic E-state index is 7.38. The molecule has 0 saturated carbocycles. The zero-order valence-electron chi connectivity index (χ0n) is 36.7. The number of ether oxygens (including phenoxy) is 1. The lowest BCUT2D eigenvalue weighted by Gasteiger charge is -2.35. The molecule has 0 spiro atoms. The first kappa shape index (κ1) is 38.7. The summed E-state index contributed by atoms with van der Waals surface area (Å²) in [6.07, 6.45) is 0. The van der Waals surface area contributed by atoms with Crippen molar-refractivity contribution in [3.8, 4) is 67.1 Å². The van der Waals surface area contributed by atoms with Gasteiger partial charge in [0, 0.05) is 39.8 Å². The summed E-state index contributed by atoms with van der Waals surface area (Å²) in [4.78, 5) is 2.40. The normalized spacial score (nSPS) is 12.7. The number of hydrogen-bond donors (Lipinski definition) is 0. The van der Waals surface area contributed by atoms with Crippen LogP contribution in [0.3, 0.4) is 0 Å². The van der Waals surface area contributed by atoms with Crippen molar-refractivity contribution in [1.82, 2.24) is 0 Å². The van der Waals surface area contributed by atoms with Crippen LogP contribution < -0.4 is 9.64 Å². The quantitative estimate of drug-likeness (QED) is 0.158. The SMILES string of the molecule is c1ccc(-c2ccc(N(c3ccc4c(c3)Oc3c(-c5ccccc5)cccc3-c3cc5ccccc5cc3-4)c3ccc4c(c3)C(c3ccccc3)(c3ccccc3)c3ccccc3-4)cc2)cc1. The monoisotopic (exact) mass is 853 g/mol. The lowest BCUT2D eigenvalue weighted by molar-refractivity contribution is 0.489. The van der Waals surface area contributed by atoms with Gasteiger partial charge in [0.2, 0.25) is 0 Å². The van der Waals surface area contributed by atoms with E-state index in [1.54, 1.807) is 0 Å². The summed E-state index contributed by atoms with van der Waals surface area (Å²) >= 11 is 0. The Morgan fingerprint density at radius 3 is 1.43 bits per heavy atom. The van der Waals surface area contributed by atoms with Gasteiger partial charge in [-0.15, -0.1) is 0 Å². The minimum atomic E-state index is -0.547. The molecule has 13 rings (SSSR count). The van der Waals surface area contributed by atoms with Gasteiger partial charge in [0.15, 0.2) is 0 Å². The second-order valence-electron chi connectivity index (χ2n) is 17.6. The fourth-order valence-electron chi connectivity index (χ4n) is 10.9. The third kappa shape index (κ3) is 6.26. The van der Waals surface area contributed by atoms with Crippen LogP contribution in [0.25, 0.3) is 66.4 Å². The molecule has 0 N–H and O–H groups in total. The first-order valence-corrected chi connectivity index (χ1v) is 23.1. The summed E-state index contributed by atoms with van der Waals surface area (Å²) < 4.78 is 7.38. The van der Waals surface area contributed by atoms with Crippen LogP contribution in [-0.2, 0) is 5.41 Å². The molecular weight excluding hydrogens is 811 g/mol. The van der Waals surface area contributed by atoms with E-state index in [1.165, 1.54) is 55.3 Å². The van der Waals surface area contributed by atoms with Crippen LogP contribution in [-0.4, -0.2) is 0 Å². The molecule has 0 radical (unpaired) electrons. The predicted molar refractivity (Wildman–Crippen MR) is 278 cm³/mol. The highest BCUT2D eigenvalue weighted by Gasteiger charge is 2.46. The molecule has 0 atom stereocenters. The Bertz CT molecular complexity index is 3600. The van der Waals surface area contributed by atoms with Crippen molar-refractivity contribution >= 4 is 27.8 Å². The molecule has 0 bridgehead atoms. The van der Waals surface area contributed by atoms with E-state index in [0.29, 0.717) is 0 Å². The van der Waals surface area contributed by atoms with Gasteiger partial charge >= 0.3 is 0 Å². The largest absolute Gasteiger partial charge is 0.455 e. The summed E-state index contributed by atoms with van der Waals surface area (Å²) in [6, 6.07) is 94.9. The zero-order chi connectivity index (χ0) is 44.3. The van der Waals surface area contributed by atoms with E-state index >= 15 is 0 Å². The number of benzene rings is 11. The van der Waals surface area contributed by atoms with Crippen molar-refractivity contribution in [2.24, 2.45) is 0 Å². The summed E-state index contributed by atoms with van der Waals surface area (Å²) in [5.41, 5.74) is 19.0. The Kier molecular flexibility index (Phi) is 9.11. The number of hydrogen-bond acceptors (Lipinski definition) is 2. The lowest BCUT2D eigenvalue weighted by Crippen LogP contribution is -2.28. The third-order valence-electron chi connectivity index (χ3n) is 13.9. The number of anilines is 3. The average molecular weight is 854 g/mol. The van der Waals surface area contributed by atoms with Crippen LogP contribution in [0.15, 0.2) is 261 Å². The molecule has 67 heavy (non-hydrogen) atoms. The van der Waals surface area contributed by atoms with Crippen LogP contribution in [0.5, 0.6) is 11.5 Å². The molecule has 0 aromatic heterocycles. The van der Waals surface area contributed by atoms with Gasteiger partial charge in [0.1, 0.15) is 11.5 Å². The van der Waals surface area contributed by atoms with Crippen LogP contribution >= 0.6 is 0 Å². The zero-order valence-corrected chi connectivity index (χ0v) is 36.7. The Labute approximate surface area is 391 Å². The number of para-hydroxylation sites is 1. The van der Waals surface area contributed by atoms with Crippen molar-refractivity contribution in [2.75, 3.05) is 4.90 Å². The lowest BCUT2D eigenvalue weighted by atomic mass is 9.67. The molecule has 11 aromatic rings. The molecule has 0 fully saturated rings. The molecule has 2 nitrogen and oxygen atoms in total. The van der Waals surface area contributed by atoms with Gasteiger partial charge in [-0.1, -0.05) is 206 Å². The van der Waals surface area contributed by atoms with Gasteiger partial charge in [-0.25, -0.2) is 0 Å². The topological polar surface area (TPSA) is 12.5 Å². The standard InChI is InChI=1S/C65H43NO/c1-5-18-44(19-6-1)45-32-34-51(35-33-45)66(52-36-38-56-55-28-15-16-31-61(55)65(62(56)42-52,49-24-9-3-10-25-49)50-26-11-4-12-27-50)53-37-39-57-59-40-47-22-13-14-23-48(47)41-60(59)58-30-17-29-54(46-20-7-2-8-21-46)64(58)67-63(57)43-53/h1-43H. The summed E-state index contributed by atoms with van der Waals surface area (Å²) in [6.45, 7) is 0. The minimum Gasteiger partial charge on any atom is -0.455 e. The van der Waals surface area contributed by atoms with E-state index in [-0.39, 0.29) is 0 Å². The Balaban J connectivity index is 1.05. The number of fused-ring (bicyclic) bond motifs is 9. The van der Waals surface area contributed by atoms with Crippen molar-refractivity contribution in [3.63, 3.8) is 0 Å². The molecule has 1 heterocycles. The van der Waals surface area contributed by atoms with Crippen molar-refractivity contribution in [2.45, 2.75) is 5.41 Å². The summed E-state index contributed by atoms with van der Waals surface area (Å²) in [5.74, 6) is 1.66. The van der Waals surface area contributed by atoms with Crippen molar-refractivity contribution in [1.29, 1.82) is 0 Å². The fourth-order valence-corrected chi connectivity index (χ4v) is 10.9. The molecule has 2 heteroatoms. The molecule has 11 aromatic carbocycles. The van der Waals surface area contributed by atoms with Crippen molar-refractivity contribution < 1.29 is 4.74 Å². The fraction of sp³-hybridized carbons (Fsp3) is 0.0154. The third-order valence-corrected chi connectivity index (χ3v) is 13.9. The average Bonchev–Trinajstić information content (AvgIpc) is 3.62. The minimum absolute atomic E-state index is 0.547. The van der Waals surface area contributed by atoms with Crippen molar-refractivity contribution in [3.05, 3.63) is 283 Å². The molecular formula is C65H43NO. The molecule has 1 aliphatic carbocycles. The predicted octanol–water partition coefficient (Wildman–Crippen LogP) is 17.4. The molecule has 0 saturated heterocycles. The van der Waals surface area contributed by atoms with Gasteiger partial charge in [0.25, 0.3) is 0 Å². The summed E-state index contributed by atoms with van der Waals surface area (Å²) in [7, 11) is 0. The van der Waals surface area contributed by atoms with E-state index in [4.69, 9.17) is 4.74 Å². The van der Waals surface area contributed by atoms with Crippen LogP contribution in [0.2, 0.25) is 0 Å². The van der Waals surface area contributed by atoms with E-state index in [2.05, 4.69) is 266 Å². The van der Waals surface area contributed by atoms with Gasteiger partial charge in [-0.05, 0) is 121 Å². The van der Waals surface area contributed by atoms with Gasteiger partial charge in [-0.2, -0.15) is 0 Å². The number of rotatable bonds is 7. The van der Waals surface area contributed by atoms with Crippen LogP contribution in [0.4, 0.5) is 17.1 Å². The Hall–Kier alpha value is -8.72. The maximum Gasteiger partial charge on any atom is 0.143 e. The highest BCUT2D eigenvalue weighted by molar-refractivity contribution is 6.02.